The largest absolute Gasteiger partial charge is 0.493 e. The van der Waals surface area contributed by atoms with Gasteiger partial charge in [-0.05, 0) is 30.0 Å². The maximum Gasteiger partial charge on any atom is 0.319 e. The van der Waals surface area contributed by atoms with E-state index in [9.17, 15) is 9.59 Å². The fraction of sp³-hybridized carbons (Fsp3) is 0.500. The Morgan fingerprint density at radius 3 is 2.29 bits per heavy atom. The molecule has 152 valence electrons. The minimum Gasteiger partial charge on any atom is -0.493 e. The van der Waals surface area contributed by atoms with Crippen molar-refractivity contribution in [1.29, 1.82) is 0 Å². The van der Waals surface area contributed by atoms with Crippen molar-refractivity contribution in [3.63, 3.8) is 0 Å². The van der Waals surface area contributed by atoms with Gasteiger partial charge in [-0.2, -0.15) is 0 Å². The SMILES string of the molecule is COc1cc([C@H]2NC(=O)NC3=C2C(=O)N(CCC(C)C)C3)cc(OC)c1OC. The fourth-order valence-corrected chi connectivity index (χ4v) is 3.54. The van der Waals surface area contributed by atoms with Crippen LogP contribution in [0.3, 0.4) is 0 Å². The van der Waals surface area contributed by atoms with E-state index in [0.717, 1.165) is 6.42 Å². The number of urea groups is 1. The molecule has 3 amide bonds. The smallest absolute Gasteiger partial charge is 0.319 e. The normalized spacial score (nSPS) is 18.8. The molecular weight excluding hydrogens is 362 g/mol. The standard InChI is InChI=1S/C20H27N3O5/c1-11(2)6-7-23-10-13-16(19(23)24)17(22-20(25)21-13)12-8-14(26-3)18(28-5)15(9-12)27-4/h8-9,11,17H,6-7,10H2,1-5H3,(H2,21,22,25)/t17-/m1/s1. The molecule has 2 heterocycles. The highest BCUT2D eigenvalue weighted by molar-refractivity contribution is 6.01. The molecule has 1 aromatic carbocycles. The highest BCUT2D eigenvalue weighted by atomic mass is 16.5. The van der Waals surface area contributed by atoms with Crippen LogP contribution in [0.1, 0.15) is 31.9 Å². The molecule has 0 aliphatic carbocycles. The van der Waals surface area contributed by atoms with Crippen LogP contribution >= 0.6 is 0 Å². The Morgan fingerprint density at radius 1 is 1.11 bits per heavy atom. The number of rotatable bonds is 7. The molecule has 0 aromatic heterocycles. The zero-order valence-corrected chi connectivity index (χ0v) is 16.9. The Balaban J connectivity index is 1.98. The summed E-state index contributed by atoms with van der Waals surface area (Å²) in [6.45, 7) is 5.31. The molecule has 1 aromatic rings. The van der Waals surface area contributed by atoms with Gasteiger partial charge in [0.25, 0.3) is 5.91 Å². The van der Waals surface area contributed by atoms with Crippen molar-refractivity contribution in [1.82, 2.24) is 15.5 Å². The minimum atomic E-state index is -0.589. The van der Waals surface area contributed by atoms with E-state index in [-0.39, 0.29) is 11.9 Å². The summed E-state index contributed by atoms with van der Waals surface area (Å²) in [7, 11) is 4.59. The Bertz CT molecular complexity index is 793. The molecule has 0 bridgehead atoms. The van der Waals surface area contributed by atoms with Crippen molar-refractivity contribution in [2.45, 2.75) is 26.3 Å². The lowest BCUT2D eigenvalue weighted by Crippen LogP contribution is -2.44. The molecular formula is C20H27N3O5. The van der Waals surface area contributed by atoms with Crippen LogP contribution in [0, 0.1) is 5.92 Å². The van der Waals surface area contributed by atoms with Crippen LogP contribution in [0.5, 0.6) is 17.2 Å². The van der Waals surface area contributed by atoms with Crippen molar-refractivity contribution in [2.24, 2.45) is 5.92 Å². The molecule has 0 radical (unpaired) electrons. The van der Waals surface area contributed by atoms with Gasteiger partial charge in [0, 0.05) is 6.54 Å². The van der Waals surface area contributed by atoms with Gasteiger partial charge in [0.15, 0.2) is 11.5 Å². The first-order valence-corrected chi connectivity index (χ1v) is 9.29. The molecule has 8 heteroatoms. The van der Waals surface area contributed by atoms with Gasteiger partial charge in [0.2, 0.25) is 5.75 Å². The van der Waals surface area contributed by atoms with Crippen LogP contribution in [0.2, 0.25) is 0 Å². The molecule has 8 nitrogen and oxygen atoms in total. The first-order valence-electron chi connectivity index (χ1n) is 9.29. The highest BCUT2D eigenvalue weighted by Gasteiger charge is 2.40. The maximum absolute atomic E-state index is 13.1. The summed E-state index contributed by atoms with van der Waals surface area (Å²) in [4.78, 5) is 27.1. The topological polar surface area (TPSA) is 89.1 Å². The van der Waals surface area contributed by atoms with Gasteiger partial charge in [-0.3, -0.25) is 4.79 Å². The third-order valence-corrected chi connectivity index (χ3v) is 5.02. The van der Waals surface area contributed by atoms with Gasteiger partial charge in [-0.15, -0.1) is 0 Å². The van der Waals surface area contributed by atoms with Gasteiger partial charge in [-0.25, -0.2) is 4.79 Å². The summed E-state index contributed by atoms with van der Waals surface area (Å²) in [5.41, 5.74) is 1.89. The van der Waals surface area contributed by atoms with Gasteiger partial charge < -0.3 is 29.7 Å². The number of hydrogen-bond acceptors (Lipinski definition) is 5. The summed E-state index contributed by atoms with van der Waals surface area (Å²) in [6.07, 6.45) is 0.905. The summed E-state index contributed by atoms with van der Waals surface area (Å²) in [5, 5.41) is 5.64. The number of benzene rings is 1. The molecule has 28 heavy (non-hydrogen) atoms. The third kappa shape index (κ3) is 3.58. The van der Waals surface area contributed by atoms with Crippen molar-refractivity contribution >= 4 is 11.9 Å². The Hall–Kier alpha value is -2.90. The second-order valence-corrected chi connectivity index (χ2v) is 7.29. The van der Waals surface area contributed by atoms with Gasteiger partial charge >= 0.3 is 6.03 Å². The molecule has 0 saturated carbocycles. The average Bonchev–Trinajstić information content (AvgIpc) is 2.99. The zero-order chi connectivity index (χ0) is 20.4. The van der Waals surface area contributed by atoms with Crippen molar-refractivity contribution < 1.29 is 23.8 Å². The van der Waals surface area contributed by atoms with E-state index in [1.807, 2.05) is 0 Å². The lowest BCUT2D eigenvalue weighted by molar-refractivity contribution is -0.125. The maximum atomic E-state index is 13.1. The number of nitrogens with zero attached hydrogens (tertiary/aromatic N) is 1. The van der Waals surface area contributed by atoms with E-state index in [1.54, 1.807) is 17.0 Å². The van der Waals surface area contributed by atoms with Crippen molar-refractivity contribution in [2.75, 3.05) is 34.4 Å². The van der Waals surface area contributed by atoms with E-state index < -0.39 is 6.04 Å². The van der Waals surface area contributed by atoms with Gasteiger partial charge in [0.05, 0.1) is 45.2 Å². The van der Waals surface area contributed by atoms with Crippen LogP contribution in [0.25, 0.3) is 0 Å². The molecule has 0 fully saturated rings. The molecule has 2 aliphatic rings. The predicted octanol–water partition coefficient (Wildman–Crippen LogP) is 2.21. The Labute approximate surface area is 164 Å². The summed E-state index contributed by atoms with van der Waals surface area (Å²) >= 11 is 0. The van der Waals surface area contributed by atoms with Gasteiger partial charge in [0.1, 0.15) is 0 Å². The molecule has 2 aliphatic heterocycles. The second-order valence-electron chi connectivity index (χ2n) is 7.29. The summed E-state index contributed by atoms with van der Waals surface area (Å²) < 4.78 is 16.2. The average molecular weight is 389 g/mol. The van der Waals surface area contributed by atoms with Crippen molar-refractivity contribution in [3.8, 4) is 17.2 Å². The number of ether oxygens (including phenoxy) is 3. The zero-order valence-electron chi connectivity index (χ0n) is 16.9. The summed E-state index contributed by atoms with van der Waals surface area (Å²) in [5.74, 6) is 1.81. The van der Waals surface area contributed by atoms with Crippen LogP contribution in [0.15, 0.2) is 23.4 Å². The lowest BCUT2D eigenvalue weighted by atomic mass is 9.95. The first-order chi connectivity index (χ1) is 13.4. The molecule has 0 spiro atoms. The van der Waals surface area contributed by atoms with Crippen molar-refractivity contribution in [3.05, 3.63) is 29.0 Å². The first kappa shape index (κ1) is 19.9. The third-order valence-electron chi connectivity index (χ3n) is 5.02. The molecule has 2 N–H and O–H groups in total. The number of carbonyl (C=O) groups is 2. The van der Waals surface area contributed by atoms with E-state index in [4.69, 9.17) is 14.2 Å². The van der Waals surface area contributed by atoms with E-state index >= 15 is 0 Å². The molecule has 1 atom stereocenters. The lowest BCUT2D eigenvalue weighted by Gasteiger charge is -2.26. The summed E-state index contributed by atoms with van der Waals surface area (Å²) in [6, 6.07) is 2.59. The minimum absolute atomic E-state index is 0.0677. The number of carbonyl (C=O) groups excluding carboxylic acids is 2. The number of hydrogen-bond donors (Lipinski definition) is 2. The fourth-order valence-electron chi connectivity index (χ4n) is 3.54. The van der Waals surface area contributed by atoms with Crippen LogP contribution < -0.4 is 24.8 Å². The Morgan fingerprint density at radius 2 is 1.75 bits per heavy atom. The highest BCUT2D eigenvalue weighted by Crippen LogP contribution is 2.42. The van der Waals surface area contributed by atoms with E-state index in [2.05, 4.69) is 24.5 Å². The van der Waals surface area contributed by atoms with Gasteiger partial charge in [-0.1, -0.05) is 13.8 Å². The predicted molar refractivity (Wildman–Crippen MR) is 104 cm³/mol. The molecule has 0 unspecified atom stereocenters. The van der Waals surface area contributed by atoms with E-state index in [0.29, 0.717) is 53.1 Å². The van der Waals surface area contributed by atoms with E-state index in [1.165, 1.54) is 21.3 Å². The number of amides is 3. The van der Waals surface area contributed by atoms with Crippen LogP contribution in [-0.4, -0.2) is 51.3 Å². The van der Waals surface area contributed by atoms with Crippen LogP contribution in [0.4, 0.5) is 4.79 Å². The van der Waals surface area contributed by atoms with Crippen LogP contribution in [-0.2, 0) is 4.79 Å². The molecule has 3 rings (SSSR count). The monoisotopic (exact) mass is 389 g/mol. The number of nitrogens with one attached hydrogen (secondary N) is 2. The quantitative estimate of drug-likeness (QED) is 0.746. The Kier molecular flexibility index (Phi) is 5.67. The second kappa shape index (κ2) is 8.00. The number of methoxy groups -OCH3 is 3. The molecule has 0 saturated heterocycles.